The van der Waals surface area contributed by atoms with Crippen molar-refractivity contribution in [3.05, 3.63) is 41.7 Å². The van der Waals surface area contributed by atoms with Crippen LogP contribution in [0.3, 0.4) is 0 Å². The maximum Gasteiger partial charge on any atom is 0.128 e. The topological polar surface area (TPSA) is 29.5 Å². The zero-order valence-corrected chi connectivity index (χ0v) is 9.66. The maximum atomic E-state index is 13.0. The second-order valence-corrected chi connectivity index (χ2v) is 3.75. The van der Waals surface area contributed by atoms with Crippen molar-refractivity contribution in [2.24, 2.45) is 0 Å². The summed E-state index contributed by atoms with van der Waals surface area (Å²) in [4.78, 5) is 0. The maximum absolute atomic E-state index is 13.0. The Morgan fingerprint density at radius 2 is 2.25 bits per heavy atom. The number of halogens is 1. The molecule has 1 atom stereocenters. The minimum Gasteiger partial charge on any atom is -0.489 e. The molecule has 1 aromatic rings. The predicted molar refractivity (Wildman–Crippen MR) is 62.0 cm³/mol. The van der Waals surface area contributed by atoms with Gasteiger partial charge in [-0.25, -0.2) is 4.39 Å². The molecule has 0 aliphatic carbocycles. The quantitative estimate of drug-likeness (QED) is 0.778. The van der Waals surface area contributed by atoms with Crippen LogP contribution in [-0.2, 0) is 0 Å². The minimum absolute atomic E-state index is 0.347. The average molecular weight is 224 g/mol. The summed E-state index contributed by atoms with van der Waals surface area (Å²) in [6, 6.07) is 4.12. The molecule has 0 aliphatic heterocycles. The second-order valence-electron chi connectivity index (χ2n) is 3.75. The number of aliphatic hydroxyl groups excluding tert-OH is 1. The van der Waals surface area contributed by atoms with Gasteiger partial charge in [0.1, 0.15) is 18.2 Å². The summed E-state index contributed by atoms with van der Waals surface area (Å²) in [6.45, 7) is 7.75. The normalized spacial score (nSPS) is 12.2. The van der Waals surface area contributed by atoms with Crippen LogP contribution in [0.25, 0.3) is 0 Å². The summed E-state index contributed by atoms with van der Waals surface area (Å²) in [5, 5.41) is 9.49. The van der Waals surface area contributed by atoms with Gasteiger partial charge in [0.05, 0.1) is 6.10 Å². The van der Waals surface area contributed by atoms with E-state index in [2.05, 4.69) is 6.58 Å². The number of benzene rings is 1. The Balaban J connectivity index is 2.84. The molecule has 0 saturated carbocycles. The highest BCUT2D eigenvalue weighted by molar-refractivity contribution is 5.35. The van der Waals surface area contributed by atoms with Gasteiger partial charge in [0.2, 0.25) is 0 Å². The molecule has 1 rings (SSSR count). The number of hydrogen-bond acceptors (Lipinski definition) is 2. The third-order valence-corrected chi connectivity index (χ3v) is 2.36. The molecule has 0 aliphatic rings. The predicted octanol–water partition coefficient (Wildman–Crippen LogP) is 3.22. The minimum atomic E-state index is -0.675. The van der Waals surface area contributed by atoms with Gasteiger partial charge < -0.3 is 9.84 Å². The number of rotatable bonds is 5. The highest BCUT2D eigenvalue weighted by atomic mass is 19.1. The Morgan fingerprint density at radius 1 is 1.56 bits per heavy atom. The van der Waals surface area contributed by atoms with Crippen LogP contribution in [0, 0.1) is 5.82 Å². The van der Waals surface area contributed by atoms with Crippen LogP contribution in [0.15, 0.2) is 30.4 Å². The van der Waals surface area contributed by atoms with Crippen LogP contribution in [-0.4, -0.2) is 11.7 Å². The van der Waals surface area contributed by atoms with E-state index in [-0.39, 0.29) is 5.82 Å². The van der Waals surface area contributed by atoms with Crippen molar-refractivity contribution in [1.29, 1.82) is 0 Å². The third-order valence-electron chi connectivity index (χ3n) is 2.36. The molecular formula is C13H17FO2. The zero-order chi connectivity index (χ0) is 12.1. The number of hydrogen-bond donors (Lipinski definition) is 1. The molecule has 2 nitrogen and oxygen atoms in total. The highest BCUT2D eigenvalue weighted by Crippen LogP contribution is 2.26. The van der Waals surface area contributed by atoms with E-state index in [4.69, 9.17) is 4.74 Å². The summed E-state index contributed by atoms with van der Waals surface area (Å²) < 4.78 is 18.5. The SMILES string of the molecule is C=C(CC)COc1cc(F)ccc1[C@H](C)O. The fourth-order valence-electron chi connectivity index (χ4n) is 1.26. The van der Waals surface area contributed by atoms with Gasteiger partial charge >= 0.3 is 0 Å². The Bertz CT molecular complexity index is 372. The van der Waals surface area contributed by atoms with E-state index >= 15 is 0 Å². The first-order chi connectivity index (χ1) is 7.54. The largest absolute Gasteiger partial charge is 0.489 e. The second kappa shape index (κ2) is 5.66. The highest BCUT2D eigenvalue weighted by Gasteiger charge is 2.10. The van der Waals surface area contributed by atoms with Crippen LogP contribution >= 0.6 is 0 Å². The van der Waals surface area contributed by atoms with Crippen molar-refractivity contribution in [2.45, 2.75) is 26.4 Å². The molecule has 0 aromatic heterocycles. The van der Waals surface area contributed by atoms with E-state index in [0.29, 0.717) is 17.9 Å². The fraction of sp³-hybridized carbons (Fsp3) is 0.385. The van der Waals surface area contributed by atoms with Gasteiger partial charge in [-0.15, -0.1) is 0 Å². The smallest absolute Gasteiger partial charge is 0.128 e. The molecule has 1 N–H and O–H groups in total. The van der Waals surface area contributed by atoms with Gasteiger partial charge in [0, 0.05) is 11.6 Å². The van der Waals surface area contributed by atoms with E-state index in [1.165, 1.54) is 18.2 Å². The van der Waals surface area contributed by atoms with Gasteiger partial charge in [0.15, 0.2) is 0 Å². The summed E-state index contributed by atoms with van der Waals surface area (Å²) in [7, 11) is 0. The Kier molecular flexibility index (Phi) is 4.50. The van der Waals surface area contributed by atoms with E-state index < -0.39 is 6.10 Å². The lowest BCUT2D eigenvalue weighted by Gasteiger charge is -2.14. The van der Waals surface area contributed by atoms with Crippen molar-refractivity contribution in [3.8, 4) is 5.75 Å². The molecule has 1 aromatic carbocycles. The first kappa shape index (κ1) is 12.7. The van der Waals surface area contributed by atoms with Crippen molar-refractivity contribution < 1.29 is 14.2 Å². The van der Waals surface area contributed by atoms with Crippen LogP contribution in [0.5, 0.6) is 5.75 Å². The Hall–Kier alpha value is -1.35. The van der Waals surface area contributed by atoms with Crippen molar-refractivity contribution in [3.63, 3.8) is 0 Å². The molecule has 0 radical (unpaired) electrons. The Morgan fingerprint density at radius 3 is 2.81 bits per heavy atom. The standard InChI is InChI=1S/C13H17FO2/c1-4-9(2)8-16-13-7-11(14)5-6-12(13)10(3)15/h5-7,10,15H,2,4,8H2,1,3H3/t10-/m0/s1. The summed E-state index contributed by atoms with van der Waals surface area (Å²) in [6.07, 6.45) is 0.143. The van der Waals surface area contributed by atoms with Gasteiger partial charge in [-0.2, -0.15) is 0 Å². The fourth-order valence-corrected chi connectivity index (χ4v) is 1.26. The van der Waals surface area contributed by atoms with E-state index in [9.17, 15) is 9.50 Å². The summed E-state index contributed by atoms with van der Waals surface area (Å²) >= 11 is 0. The van der Waals surface area contributed by atoms with Crippen LogP contribution in [0.2, 0.25) is 0 Å². The van der Waals surface area contributed by atoms with Crippen LogP contribution in [0.4, 0.5) is 4.39 Å². The molecule has 3 heteroatoms. The lowest BCUT2D eigenvalue weighted by Crippen LogP contribution is -2.04. The van der Waals surface area contributed by atoms with Gasteiger partial charge in [0.25, 0.3) is 0 Å². The molecule has 0 saturated heterocycles. The van der Waals surface area contributed by atoms with E-state index in [0.717, 1.165) is 12.0 Å². The van der Waals surface area contributed by atoms with Gasteiger partial charge in [-0.1, -0.05) is 13.5 Å². The molecule has 0 amide bonds. The van der Waals surface area contributed by atoms with Crippen LogP contribution < -0.4 is 4.74 Å². The third kappa shape index (κ3) is 3.35. The summed E-state index contributed by atoms with van der Waals surface area (Å²) in [5.74, 6) is 0.00566. The van der Waals surface area contributed by atoms with Crippen molar-refractivity contribution in [1.82, 2.24) is 0 Å². The molecule has 88 valence electrons. The van der Waals surface area contributed by atoms with Gasteiger partial charge in [-0.3, -0.25) is 0 Å². The molecule has 0 spiro atoms. The monoisotopic (exact) mass is 224 g/mol. The first-order valence-corrected chi connectivity index (χ1v) is 5.31. The summed E-state index contributed by atoms with van der Waals surface area (Å²) in [5.41, 5.74) is 1.52. The molecule has 16 heavy (non-hydrogen) atoms. The first-order valence-electron chi connectivity index (χ1n) is 5.31. The lowest BCUT2D eigenvalue weighted by molar-refractivity contribution is 0.192. The average Bonchev–Trinajstić information content (AvgIpc) is 2.25. The molecule has 0 fully saturated rings. The van der Waals surface area contributed by atoms with E-state index in [1.54, 1.807) is 6.92 Å². The van der Waals surface area contributed by atoms with Gasteiger partial charge in [-0.05, 0) is 31.1 Å². The lowest BCUT2D eigenvalue weighted by atomic mass is 10.1. The molecule has 0 unspecified atom stereocenters. The molecular weight excluding hydrogens is 207 g/mol. The molecule has 0 heterocycles. The van der Waals surface area contributed by atoms with Crippen molar-refractivity contribution in [2.75, 3.05) is 6.61 Å². The number of ether oxygens (including phenoxy) is 1. The zero-order valence-electron chi connectivity index (χ0n) is 9.66. The van der Waals surface area contributed by atoms with Crippen molar-refractivity contribution >= 4 is 0 Å². The van der Waals surface area contributed by atoms with Crippen LogP contribution in [0.1, 0.15) is 31.9 Å². The number of aliphatic hydroxyl groups is 1. The molecule has 0 bridgehead atoms. The Labute approximate surface area is 95.4 Å². The van der Waals surface area contributed by atoms with E-state index in [1.807, 2.05) is 6.92 Å².